The number of aromatic amines is 1. The molecule has 0 saturated heterocycles. The number of nitrogens with one attached hydrogen (secondary N) is 3. The maximum atomic E-state index is 12.1. The third-order valence-corrected chi connectivity index (χ3v) is 3.41. The molecule has 0 fully saturated rings. The molecule has 3 aromatic rings. The summed E-state index contributed by atoms with van der Waals surface area (Å²) in [4.78, 5) is 38.5. The lowest BCUT2D eigenvalue weighted by Gasteiger charge is -2.08. The fourth-order valence-electron chi connectivity index (χ4n) is 2.16. The molecule has 2 heterocycles. The number of rotatable bonds is 4. The van der Waals surface area contributed by atoms with E-state index >= 15 is 0 Å². The Hall–Kier alpha value is -3.68. The van der Waals surface area contributed by atoms with Crippen LogP contribution in [-0.4, -0.2) is 26.6 Å². The summed E-state index contributed by atoms with van der Waals surface area (Å²) in [7, 11) is 0. The van der Waals surface area contributed by atoms with Crippen LogP contribution in [0.2, 0.25) is 0 Å². The molecule has 8 heteroatoms. The lowest BCUT2D eigenvalue weighted by Crippen LogP contribution is -2.42. The van der Waals surface area contributed by atoms with Crippen LogP contribution in [0.15, 0.2) is 65.6 Å². The van der Waals surface area contributed by atoms with Crippen LogP contribution >= 0.6 is 0 Å². The second-order valence-electron chi connectivity index (χ2n) is 5.19. The van der Waals surface area contributed by atoms with E-state index in [0.29, 0.717) is 5.69 Å². The molecule has 2 amide bonds. The van der Waals surface area contributed by atoms with Crippen molar-refractivity contribution in [3.05, 3.63) is 88.1 Å². The fourth-order valence-corrected chi connectivity index (χ4v) is 2.16. The molecule has 0 saturated carbocycles. The highest BCUT2D eigenvalue weighted by atomic mass is 16.2. The van der Waals surface area contributed by atoms with Gasteiger partial charge in [0.2, 0.25) is 0 Å². The van der Waals surface area contributed by atoms with Crippen molar-refractivity contribution in [3.8, 4) is 0 Å². The minimum atomic E-state index is -0.623. The van der Waals surface area contributed by atoms with Gasteiger partial charge >= 0.3 is 0 Å². The Kier molecular flexibility index (Phi) is 4.70. The highest BCUT2D eigenvalue weighted by Gasteiger charge is 2.12. The topological polar surface area (TPSA) is 109 Å². The van der Waals surface area contributed by atoms with E-state index in [0.717, 1.165) is 5.56 Å². The second kappa shape index (κ2) is 7.26. The number of aromatic nitrogens is 3. The Balaban J connectivity index is 1.69. The van der Waals surface area contributed by atoms with E-state index in [-0.39, 0.29) is 17.8 Å². The van der Waals surface area contributed by atoms with Crippen molar-refractivity contribution in [2.24, 2.45) is 0 Å². The molecule has 0 unspecified atom stereocenters. The minimum absolute atomic E-state index is 0.0160. The minimum Gasteiger partial charge on any atom is -0.357 e. The monoisotopic (exact) mass is 337 g/mol. The Labute approximate surface area is 142 Å². The molecule has 126 valence electrons. The lowest BCUT2D eigenvalue weighted by atomic mass is 10.2. The van der Waals surface area contributed by atoms with Crippen molar-refractivity contribution in [1.29, 1.82) is 0 Å². The number of nitrogens with zero attached hydrogens (tertiary/aromatic N) is 2. The summed E-state index contributed by atoms with van der Waals surface area (Å²) in [6.07, 6.45) is 1.60. The molecule has 0 bridgehead atoms. The van der Waals surface area contributed by atoms with Gasteiger partial charge in [-0.2, -0.15) is 5.10 Å². The average Bonchev–Trinajstić information content (AvgIpc) is 3.17. The highest BCUT2D eigenvalue weighted by molar-refractivity contribution is 5.97. The standard InChI is InChI=1S/C17H15N5O3/c23-15-9-8-14(21-22(15)11-12-5-2-1-3-6-12)17(25)20-19-16(24)13-7-4-10-18-13/h1-10,18H,11H2,(H,19,24)(H,20,25). The van der Waals surface area contributed by atoms with E-state index in [1.165, 1.54) is 16.8 Å². The van der Waals surface area contributed by atoms with E-state index in [2.05, 4.69) is 20.9 Å². The molecule has 0 spiro atoms. The van der Waals surface area contributed by atoms with E-state index in [1.807, 2.05) is 30.3 Å². The van der Waals surface area contributed by atoms with Crippen LogP contribution in [-0.2, 0) is 6.54 Å². The Morgan fingerprint density at radius 1 is 0.960 bits per heavy atom. The fraction of sp³-hybridized carbons (Fsp3) is 0.0588. The number of benzene rings is 1. The van der Waals surface area contributed by atoms with Gasteiger partial charge in [-0.05, 0) is 23.8 Å². The summed E-state index contributed by atoms with van der Waals surface area (Å²) >= 11 is 0. The van der Waals surface area contributed by atoms with Gasteiger partial charge in [-0.1, -0.05) is 30.3 Å². The zero-order valence-electron chi connectivity index (χ0n) is 13.1. The molecule has 1 aromatic carbocycles. The van der Waals surface area contributed by atoms with Crippen LogP contribution in [0, 0.1) is 0 Å². The number of carbonyl (C=O) groups is 2. The molecule has 0 aliphatic heterocycles. The van der Waals surface area contributed by atoms with Gasteiger partial charge in [0.15, 0.2) is 5.69 Å². The van der Waals surface area contributed by atoms with Gasteiger partial charge in [0, 0.05) is 12.3 Å². The van der Waals surface area contributed by atoms with E-state index in [9.17, 15) is 14.4 Å². The Morgan fingerprint density at radius 3 is 2.44 bits per heavy atom. The molecule has 2 aromatic heterocycles. The van der Waals surface area contributed by atoms with Crippen molar-refractivity contribution in [2.45, 2.75) is 6.54 Å². The van der Waals surface area contributed by atoms with E-state index in [4.69, 9.17) is 0 Å². The SMILES string of the molecule is O=C(NNC(=O)c1ccc[nH]1)c1ccc(=O)n(Cc2ccccc2)n1. The first-order valence-corrected chi connectivity index (χ1v) is 7.49. The van der Waals surface area contributed by atoms with E-state index < -0.39 is 11.8 Å². The molecule has 0 atom stereocenters. The van der Waals surface area contributed by atoms with Crippen LogP contribution in [0.5, 0.6) is 0 Å². The molecule has 3 N–H and O–H groups in total. The number of hydrogen-bond donors (Lipinski definition) is 3. The van der Waals surface area contributed by atoms with Crippen LogP contribution in [0.1, 0.15) is 26.5 Å². The van der Waals surface area contributed by atoms with Crippen LogP contribution in [0.4, 0.5) is 0 Å². The van der Waals surface area contributed by atoms with Crippen molar-refractivity contribution in [3.63, 3.8) is 0 Å². The predicted molar refractivity (Wildman–Crippen MR) is 89.8 cm³/mol. The number of hydrogen-bond acceptors (Lipinski definition) is 4. The Bertz CT molecular complexity index is 932. The van der Waals surface area contributed by atoms with Gasteiger partial charge in [0.25, 0.3) is 17.4 Å². The molecule has 0 radical (unpaired) electrons. The second-order valence-corrected chi connectivity index (χ2v) is 5.19. The highest BCUT2D eigenvalue weighted by Crippen LogP contribution is 2.00. The molecule has 0 aliphatic carbocycles. The largest absolute Gasteiger partial charge is 0.357 e. The first kappa shape index (κ1) is 16.2. The van der Waals surface area contributed by atoms with Gasteiger partial charge in [-0.25, -0.2) is 4.68 Å². The van der Waals surface area contributed by atoms with E-state index in [1.54, 1.807) is 18.3 Å². The molecular weight excluding hydrogens is 322 g/mol. The smallest absolute Gasteiger partial charge is 0.290 e. The predicted octanol–water partition coefficient (Wildman–Crippen LogP) is 0.694. The van der Waals surface area contributed by atoms with Crippen LogP contribution < -0.4 is 16.4 Å². The van der Waals surface area contributed by atoms with Gasteiger partial charge in [-0.15, -0.1) is 0 Å². The molecule has 25 heavy (non-hydrogen) atoms. The first-order valence-electron chi connectivity index (χ1n) is 7.49. The maximum Gasteiger partial charge on any atom is 0.290 e. The van der Waals surface area contributed by atoms with Gasteiger partial charge in [0.05, 0.1) is 6.54 Å². The van der Waals surface area contributed by atoms with Crippen LogP contribution in [0.3, 0.4) is 0 Å². The summed E-state index contributed by atoms with van der Waals surface area (Å²) in [5.74, 6) is -1.11. The number of carbonyl (C=O) groups excluding carboxylic acids is 2. The summed E-state index contributed by atoms with van der Waals surface area (Å²) in [6, 6.07) is 15.1. The van der Waals surface area contributed by atoms with Gasteiger partial charge < -0.3 is 4.98 Å². The zero-order chi connectivity index (χ0) is 17.6. The number of H-pyrrole nitrogens is 1. The van der Waals surface area contributed by atoms with Crippen molar-refractivity contribution < 1.29 is 9.59 Å². The van der Waals surface area contributed by atoms with Crippen molar-refractivity contribution in [2.75, 3.05) is 0 Å². The first-order chi connectivity index (χ1) is 12.1. The number of amides is 2. The molecule has 8 nitrogen and oxygen atoms in total. The lowest BCUT2D eigenvalue weighted by molar-refractivity contribution is 0.0840. The summed E-state index contributed by atoms with van der Waals surface area (Å²) in [5.41, 5.74) is 5.42. The maximum absolute atomic E-state index is 12.1. The quantitative estimate of drug-likeness (QED) is 0.609. The van der Waals surface area contributed by atoms with Crippen molar-refractivity contribution >= 4 is 11.8 Å². The van der Waals surface area contributed by atoms with Gasteiger partial charge in [0.1, 0.15) is 5.69 Å². The normalized spacial score (nSPS) is 10.2. The van der Waals surface area contributed by atoms with Crippen molar-refractivity contribution in [1.82, 2.24) is 25.6 Å². The summed E-state index contributed by atoms with van der Waals surface area (Å²) in [6.45, 7) is 0.246. The number of hydrazine groups is 1. The third-order valence-electron chi connectivity index (χ3n) is 3.41. The zero-order valence-corrected chi connectivity index (χ0v) is 13.1. The molecule has 3 rings (SSSR count). The molecular formula is C17H15N5O3. The summed E-state index contributed by atoms with van der Waals surface area (Å²) < 4.78 is 1.19. The average molecular weight is 337 g/mol. The Morgan fingerprint density at radius 2 is 1.72 bits per heavy atom. The summed E-state index contributed by atoms with van der Waals surface area (Å²) in [5, 5.41) is 4.04. The van der Waals surface area contributed by atoms with Gasteiger partial charge in [-0.3, -0.25) is 25.2 Å². The molecule has 0 aliphatic rings. The van der Waals surface area contributed by atoms with Crippen LogP contribution in [0.25, 0.3) is 0 Å². The third kappa shape index (κ3) is 3.99.